The topological polar surface area (TPSA) is 90.5 Å². The molecule has 0 radical (unpaired) electrons. The number of sulfonamides is 1. The van der Waals surface area contributed by atoms with Crippen LogP contribution in [0.15, 0.2) is 41.3 Å². The number of Topliss-reactive ketones (excluding diaryl/α,β-unsaturated/α-hetero) is 1. The van der Waals surface area contributed by atoms with E-state index in [-0.39, 0.29) is 23.1 Å². The van der Waals surface area contributed by atoms with Crippen molar-refractivity contribution in [2.75, 3.05) is 65.9 Å². The molecule has 1 fully saturated rings. The quantitative estimate of drug-likeness (QED) is 0.413. The zero-order valence-corrected chi connectivity index (χ0v) is 26.9. The van der Waals surface area contributed by atoms with Gasteiger partial charge in [-0.25, -0.2) is 8.42 Å². The third-order valence-electron chi connectivity index (χ3n) is 7.24. The summed E-state index contributed by atoms with van der Waals surface area (Å²) in [4.78, 5) is 29.7. The van der Waals surface area contributed by atoms with E-state index in [2.05, 4.69) is 41.1 Å². The Labute approximate surface area is 247 Å². The second-order valence-electron chi connectivity index (χ2n) is 10.8. The van der Waals surface area contributed by atoms with Crippen LogP contribution < -0.4 is 9.64 Å². The highest BCUT2D eigenvalue weighted by Crippen LogP contribution is 2.27. The third-order valence-corrected chi connectivity index (χ3v) is 9.35. The average Bonchev–Trinajstić information content (AvgIpc) is 3.13. The van der Waals surface area contributed by atoms with Gasteiger partial charge < -0.3 is 19.4 Å². The van der Waals surface area contributed by atoms with Crippen molar-refractivity contribution in [1.82, 2.24) is 14.1 Å². The number of amides is 1. The Morgan fingerprint density at radius 3 is 2.12 bits per heavy atom. The Hall–Kier alpha value is -2.95. The number of methoxy groups -OCH3 is 1. The molecule has 3 rings (SSSR count). The molecule has 10 heteroatoms. The molecule has 0 atom stereocenters. The number of anilines is 1. The van der Waals surface area contributed by atoms with E-state index in [1.165, 1.54) is 38.4 Å². The van der Waals surface area contributed by atoms with Gasteiger partial charge in [-0.1, -0.05) is 19.1 Å². The van der Waals surface area contributed by atoms with Gasteiger partial charge in [-0.3, -0.25) is 9.59 Å². The maximum Gasteiger partial charge on any atom is 0.243 e. The predicted molar refractivity (Wildman–Crippen MR) is 165 cm³/mol. The van der Waals surface area contributed by atoms with E-state index < -0.39 is 10.0 Å². The molecular weight excluding hydrogens is 540 g/mol. The molecular formula is C31H48N4O5S. The molecule has 0 bridgehead atoms. The highest BCUT2D eigenvalue weighted by atomic mass is 32.2. The van der Waals surface area contributed by atoms with Gasteiger partial charge in [0, 0.05) is 59.3 Å². The zero-order valence-electron chi connectivity index (χ0n) is 26.1. The number of nitrogens with zero attached hydrogens (tertiary/aromatic N) is 4. The molecule has 0 N–H and O–H groups in total. The first-order chi connectivity index (χ1) is 19.3. The van der Waals surface area contributed by atoms with Gasteiger partial charge in [0.2, 0.25) is 15.9 Å². The molecule has 0 aliphatic carbocycles. The van der Waals surface area contributed by atoms with Crippen molar-refractivity contribution in [2.24, 2.45) is 0 Å². The standard InChI is InChI=1S/C16H25N3O.C15H23NO4S/c1-14(20)18(3)13-15-5-7-16(8-6-15)19-10-4-9-17(2)11-12-19;1-6-7-13(17)10-16(4)21(18,19)15-11(2)8-14(20-5)9-12(15)3/h5-8H,4,9-13H2,1-3H3;8-9H,6-7,10H2,1-5H3. The molecule has 0 unspecified atom stereocenters. The molecule has 2 aromatic rings. The van der Waals surface area contributed by atoms with Crippen molar-refractivity contribution in [1.29, 1.82) is 0 Å². The highest BCUT2D eigenvalue weighted by Gasteiger charge is 2.26. The third kappa shape index (κ3) is 10.1. The fourth-order valence-corrected chi connectivity index (χ4v) is 6.34. The van der Waals surface area contributed by atoms with E-state index in [0.29, 0.717) is 36.3 Å². The van der Waals surface area contributed by atoms with Gasteiger partial charge in [-0.2, -0.15) is 4.31 Å². The molecule has 1 aliphatic rings. The second-order valence-corrected chi connectivity index (χ2v) is 12.8. The molecule has 2 aromatic carbocycles. The summed E-state index contributed by atoms with van der Waals surface area (Å²) in [7, 11) is 3.31. The minimum absolute atomic E-state index is 0.0765. The first kappa shape index (κ1) is 34.3. The summed E-state index contributed by atoms with van der Waals surface area (Å²) in [5.41, 5.74) is 3.69. The molecule has 228 valence electrons. The first-order valence-electron chi connectivity index (χ1n) is 14.2. The van der Waals surface area contributed by atoms with Gasteiger partial charge in [0.25, 0.3) is 0 Å². The van der Waals surface area contributed by atoms with Crippen LogP contribution in [0.2, 0.25) is 0 Å². The molecule has 1 amide bonds. The number of ether oxygens (including phenoxy) is 1. The summed E-state index contributed by atoms with van der Waals surface area (Å²) in [5, 5.41) is 0. The predicted octanol–water partition coefficient (Wildman–Crippen LogP) is 4.11. The maximum atomic E-state index is 12.6. The van der Waals surface area contributed by atoms with Crippen LogP contribution >= 0.6 is 0 Å². The van der Waals surface area contributed by atoms with E-state index in [0.717, 1.165) is 23.9 Å². The number of likely N-dealkylation sites (N-methyl/N-ethyl adjacent to an activating group) is 2. The van der Waals surface area contributed by atoms with Gasteiger partial charge in [0.05, 0.1) is 18.6 Å². The Morgan fingerprint density at radius 1 is 0.976 bits per heavy atom. The van der Waals surface area contributed by atoms with Gasteiger partial charge in [-0.15, -0.1) is 0 Å². The van der Waals surface area contributed by atoms with Gasteiger partial charge in [-0.05, 0) is 81.2 Å². The fraction of sp³-hybridized carbons (Fsp3) is 0.548. The molecule has 0 spiro atoms. The monoisotopic (exact) mass is 588 g/mol. The smallest absolute Gasteiger partial charge is 0.243 e. The van der Waals surface area contributed by atoms with Gasteiger partial charge in [0.1, 0.15) is 11.5 Å². The van der Waals surface area contributed by atoms with Crippen LogP contribution in [0.4, 0.5) is 5.69 Å². The minimum atomic E-state index is -3.68. The van der Waals surface area contributed by atoms with Crippen LogP contribution in [0.3, 0.4) is 0 Å². The van der Waals surface area contributed by atoms with Crippen molar-refractivity contribution >= 4 is 27.4 Å². The number of carbonyl (C=O) groups excluding carboxylic acids is 2. The van der Waals surface area contributed by atoms with Crippen molar-refractivity contribution in [3.8, 4) is 5.75 Å². The number of ketones is 1. The van der Waals surface area contributed by atoms with Gasteiger partial charge >= 0.3 is 0 Å². The summed E-state index contributed by atoms with van der Waals surface area (Å²) in [6, 6.07) is 12.0. The molecule has 1 heterocycles. The van der Waals surface area contributed by atoms with Crippen LogP contribution in [0.5, 0.6) is 5.75 Å². The van der Waals surface area contributed by atoms with E-state index >= 15 is 0 Å². The van der Waals surface area contributed by atoms with E-state index in [9.17, 15) is 18.0 Å². The number of rotatable bonds is 10. The molecule has 1 aliphatic heterocycles. The van der Waals surface area contributed by atoms with E-state index in [1.54, 1.807) is 37.8 Å². The Kier molecular flexibility index (Phi) is 13.3. The Balaban J connectivity index is 0.000000287. The number of carbonyl (C=O) groups is 2. The van der Waals surface area contributed by atoms with Gasteiger partial charge in [0.15, 0.2) is 0 Å². The lowest BCUT2D eigenvalue weighted by Gasteiger charge is -2.23. The second kappa shape index (κ2) is 15.9. The van der Waals surface area contributed by atoms with Crippen molar-refractivity contribution < 1.29 is 22.7 Å². The lowest BCUT2D eigenvalue weighted by Crippen LogP contribution is -2.33. The largest absolute Gasteiger partial charge is 0.497 e. The fourth-order valence-electron chi connectivity index (χ4n) is 4.78. The van der Waals surface area contributed by atoms with Crippen LogP contribution in [0.1, 0.15) is 49.8 Å². The number of aryl methyl sites for hydroxylation is 2. The molecule has 41 heavy (non-hydrogen) atoms. The molecule has 1 saturated heterocycles. The average molecular weight is 589 g/mol. The molecule has 9 nitrogen and oxygen atoms in total. The molecule has 0 aromatic heterocycles. The highest BCUT2D eigenvalue weighted by molar-refractivity contribution is 7.89. The van der Waals surface area contributed by atoms with Crippen LogP contribution in [0.25, 0.3) is 0 Å². The zero-order chi connectivity index (χ0) is 30.7. The maximum absolute atomic E-state index is 12.6. The lowest BCUT2D eigenvalue weighted by atomic mass is 10.1. The lowest BCUT2D eigenvalue weighted by molar-refractivity contribution is -0.128. The summed E-state index contributed by atoms with van der Waals surface area (Å²) in [6.45, 7) is 12.0. The van der Waals surface area contributed by atoms with E-state index in [4.69, 9.17) is 4.74 Å². The van der Waals surface area contributed by atoms with Crippen LogP contribution in [-0.4, -0.2) is 95.2 Å². The minimum Gasteiger partial charge on any atom is -0.497 e. The van der Waals surface area contributed by atoms with Crippen LogP contribution in [-0.2, 0) is 26.2 Å². The number of benzene rings is 2. The first-order valence-corrected chi connectivity index (χ1v) is 15.6. The summed E-state index contributed by atoms with van der Waals surface area (Å²) >= 11 is 0. The van der Waals surface area contributed by atoms with Crippen molar-refractivity contribution in [3.63, 3.8) is 0 Å². The SMILES string of the molecule is CC(=O)N(C)Cc1ccc(N2CCCN(C)CC2)cc1.CCCC(=O)CN(C)S(=O)(=O)c1c(C)cc(OC)cc1C. The van der Waals surface area contributed by atoms with Crippen LogP contribution in [0, 0.1) is 13.8 Å². The van der Waals surface area contributed by atoms with E-state index in [1.807, 2.05) is 14.0 Å². The summed E-state index contributed by atoms with van der Waals surface area (Å²) in [6.07, 6.45) is 2.32. The summed E-state index contributed by atoms with van der Waals surface area (Å²) < 4.78 is 31.5. The Bertz CT molecular complexity index is 1240. The summed E-state index contributed by atoms with van der Waals surface area (Å²) in [5.74, 6) is 0.644. The van der Waals surface area contributed by atoms with Crippen molar-refractivity contribution in [3.05, 3.63) is 53.1 Å². The normalized spacial score (nSPS) is 14.2. The molecule has 0 saturated carbocycles. The Morgan fingerprint density at radius 2 is 1.59 bits per heavy atom. The number of hydrogen-bond donors (Lipinski definition) is 0. The number of hydrogen-bond acceptors (Lipinski definition) is 7. The van der Waals surface area contributed by atoms with Crippen molar-refractivity contribution in [2.45, 2.75) is 58.4 Å².